The first kappa shape index (κ1) is 15.7. The molecule has 0 saturated carbocycles. The summed E-state index contributed by atoms with van der Waals surface area (Å²) >= 11 is 3.66. The van der Waals surface area contributed by atoms with Crippen molar-refractivity contribution in [2.45, 2.75) is 25.9 Å². The minimum absolute atomic E-state index is 0.330. The monoisotopic (exact) mass is 308 g/mol. The summed E-state index contributed by atoms with van der Waals surface area (Å²) in [6.07, 6.45) is 0. The molecule has 2 aromatic rings. The minimum Gasteiger partial charge on any atom is -0.305 e. The fourth-order valence-corrected chi connectivity index (χ4v) is 4.22. The Kier molecular flexibility index (Phi) is 5.78. The van der Waals surface area contributed by atoms with Gasteiger partial charge >= 0.3 is 0 Å². The van der Waals surface area contributed by atoms with Crippen LogP contribution >= 0.6 is 22.7 Å². The molecule has 0 aliphatic heterocycles. The summed E-state index contributed by atoms with van der Waals surface area (Å²) in [6, 6.07) is 9.60. The lowest BCUT2D eigenvalue weighted by Crippen LogP contribution is -2.42. The molecule has 2 heterocycles. The third-order valence-corrected chi connectivity index (χ3v) is 5.49. The lowest BCUT2D eigenvalue weighted by molar-refractivity contribution is 0.221. The smallest absolute Gasteiger partial charge is 0.0765 e. The minimum atomic E-state index is 0.330. The Morgan fingerprint density at radius 3 is 1.95 bits per heavy atom. The van der Waals surface area contributed by atoms with E-state index in [1.165, 1.54) is 9.75 Å². The maximum Gasteiger partial charge on any atom is 0.0765 e. The highest BCUT2D eigenvalue weighted by Gasteiger charge is 2.20. The first-order chi connectivity index (χ1) is 9.59. The highest BCUT2D eigenvalue weighted by molar-refractivity contribution is 7.11. The second-order valence-corrected chi connectivity index (χ2v) is 7.61. The molecule has 20 heavy (non-hydrogen) atoms. The fraction of sp³-hybridized carbons (Fsp3) is 0.500. The van der Waals surface area contributed by atoms with Crippen LogP contribution in [0.1, 0.15) is 29.6 Å². The van der Waals surface area contributed by atoms with E-state index in [0.717, 1.165) is 6.54 Å². The van der Waals surface area contributed by atoms with Crippen molar-refractivity contribution >= 4 is 22.7 Å². The summed E-state index contributed by atoms with van der Waals surface area (Å²) in [6.45, 7) is 5.58. The molecule has 1 atom stereocenters. The van der Waals surface area contributed by atoms with Gasteiger partial charge in [-0.25, -0.2) is 0 Å². The summed E-state index contributed by atoms with van der Waals surface area (Å²) in [5.41, 5.74) is 0. The summed E-state index contributed by atoms with van der Waals surface area (Å²) in [4.78, 5) is 5.11. The molecule has 0 amide bonds. The second-order valence-electron chi connectivity index (χ2n) is 5.65. The number of hydrogen-bond donors (Lipinski definition) is 1. The van der Waals surface area contributed by atoms with Gasteiger partial charge in [-0.05, 0) is 42.9 Å². The largest absolute Gasteiger partial charge is 0.305 e. The standard InChI is InChI=1S/C16H24N2S2/c1-12(2)13(18(3)4)11-17-16(14-7-5-9-19-14)15-8-6-10-20-15/h5-10,12-13,16-17H,11H2,1-4H3. The molecule has 0 fully saturated rings. The van der Waals surface area contributed by atoms with Gasteiger partial charge in [0.05, 0.1) is 6.04 Å². The van der Waals surface area contributed by atoms with Gasteiger partial charge in [0, 0.05) is 22.3 Å². The molecule has 0 aliphatic carbocycles. The molecule has 110 valence electrons. The van der Waals surface area contributed by atoms with Crippen molar-refractivity contribution in [3.63, 3.8) is 0 Å². The molecule has 1 unspecified atom stereocenters. The molecular formula is C16H24N2S2. The molecular weight excluding hydrogens is 284 g/mol. The first-order valence-corrected chi connectivity index (χ1v) is 8.82. The van der Waals surface area contributed by atoms with E-state index < -0.39 is 0 Å². The van der Waals surface area contributed by atoms with E-state index in [9.17, 15) is 0 Å². The SMILES string of the molecule is CC(C)C(CNC(c1cccs1)c1cccs1)N(C)C. The summed E-state index contributed by atoms with van der Waals surface area (Å²) in [5.74, 6) is 0.643. The van der Waals surface area contributed by atoms with Crippen LogP contribution in [-0.4, -0.2) is 31.6 Å². The van der Waals surface area contributed by atoms with Gasteiger partial charge in [-0.3, -0.25) is 0 Å². The maximum absolute atomic E-state index is 3.77. The maximum atomic E-state index is 3.77. The van der Waals surface area contributed by atoms with E-state index in [-0.39, 0.29) is 0 Å². The predicted octanol–water partition coefficient (Wildman–Crippen LogP) is 4.07. The molecule has 0 bridgehead atoms. The topological polar surface area (TPSA) is 15.3 Å². The molecule has 1 N–H and O–H groups in total. The van der Waals surface area contributed by atoms with Crippen molar-refractivity contribution in [3.05, 3.63) is 44.8 Å². The number of hydrogen-bond acceptors (Lipinski definition) is 4. The summed E-state index contributed by atoms with van der Waals surface area (Å²) in [5, 5.41) is 8.08. The van der Waals surface area contributed by atoms with Crippen LogP contribution in [0.25, 0.3) is 0 Å². The Labute approximate surface area is 130 Å². The Bertz CT molecular complexity index is 432. The van der Waals surface area contributed by atoms with Crippen LogP contribution in [0.15, 0.2) is 35.0 Å². The van der Waals surface area contributed by atoms with E-state index in [0.29, 0.717) is 18.0 Å². The van der Waals surface area contributed by atoms with E-state index in [1.54, 1.807) is 0 Å². The fourth-order valence-electron chi connectivity index (χ4n) is 2.51. The Balaban J connectivity index is 2.09. The lowest BCUT2D eigenvalue weighted by atomic mass is 10.0. The van der Waals surface area contributed by atoms with E-state index in [1.807, 2.05) is 22.7 Å². The van der Waals surface area contributed by atoms with Crippen LogP contribution in [-0.2, 0) is 0 Å². The molecule has 0 saturated heterocycles. The van der Waals surface area contributed by atoms with Crippen molar-refractivity contribution < 1.29 is 0 Å². The lowest BCUT2D eigenvalue weighted by Gasteiger charge is -2.30. The number of likely N-dealkylation sites (N-methyl/N-ethyl adjacent to an activating group) is 1. The zero-order chi connectivity index (χ0) is 14.5. The predicted molar refractivity (Wildman–Crippen MR) is 90.8 cm³/mol. The van der Waals surface area contributed by atoms with Crippen molar-refractivity contribution in [2.24, 2.45) is 5.92 Å². The van der Waals surface area contributed by atoms with Gasteiger partial charge in [0.15, 0.2) is 0 Å². The Hall–Kier alpha value is -0.680. The van der Waals surface area contributed by atoms with Crippen LogP contribution in [0.5, 0.6) is 0 Å². The average Bonchev–Trinajstić information content (AvgIpc) is 3.06. The number of rotatable bonds is 7. The van der Waals surface area contributed by atoms with E-state index in [4.69, 9.17) is 0 Å². The number of thiophene rings is 2. The number of nitrogens with zero attached hydrogens (tertiary/aromatic N) is 1. The molecule has 0 radical (unpaired) electrons. The molecule has 0 spiro atoms. The van der Waals surface area contributed by atoms with Gasteiger partial charge in [0.1, 0.15) is 0 Å². The normalized spacial score (nSPS) is 13.6. The second kappa shape index (κ2) is 7.36. The van der Waals surface area contributed by atoms with Crippen LogP contribution in [0.2, 0.25) is 0 Å². The van der Waals surface area contributed by atoms with Gasteiger partial charge in [0.25, 0.3) is 0 Å². The summed E-state index contributed by atoms with van der Waals surface area (Å²) < 4.78 is 0. The molecule has 2 aromatic heterocycles. The van der Waals surface area contributed by atoms with Gasteiger partial charge in [-0.2, -0.15) is 0 Å². The van der Waals surface area contributed by atoms with Crippen molar-refractivity contribution in [2.75, 3.05) is 20.6 Å². The van der Waals surface area contributed by atoms with Crippen molar-refractivity contribution in [3.8, 4) is 0 Å². The molecule has 0 aromatic carbocycles. The Morgan fingerprint density at radius 1 is 1.05 bits per heavy atom. The van der Waals surface area contributed by atoms with Gasteiger partial charge in [-0.1, -0.05) is 26.0 Å². The first-order valence-electron chi connectivity index (χ1n) is 7.06. The zero-order valence-electron chi connectivity index (χ0n) is 12.7. The van der Waals surface area contributed by atoms with Crippen molar-refractivity contribution in [1.82, 2.24) is 10.2 Å². The third-order valence-electron chi connectivity index (χ3n) is 3.62. The molecule has 2 rings (SSSR count). The van der Waals surface area contributed by atoms with Crippen LogP contribution in [0.4, 0.5) is 0 Å². The highest BCUT2D eigenvalue weighted by Crippen LogP contribution is 2.29. The highest BCUT2D eigenvalue weighted by atomic mass is 32.1. The van der Waals surface area contributed by atoms with Gasteiger partial charge in [-0.15, -0.1) is 22.7 Å². The number of nitrogens with one attached hydrogen (secondary N) is 1. The third kappa shape index (κ3) is 3.92. The quantitative estimate of drug-likeness (QED) is 0.829. The van der Waals surface area contributed by atoms with Crippen molar-refractivity contribution in [1.29, 1.82) is 0 Å². The molecule has 2 nitrogen and oxygen atoms in total. The van der Waals surface area contributed by atoms with Crippen LogP contribution in [0.3, 0.4) is 0 Å². The Morgan fingerprint density at radius 2 is 1.60 bits per heavy atom. The van der Waals surface area contributed by atoms with Crippen LogP contribution in [0, 0.1) is 5.92 Å². The van der Waals surface area contributed by atoms with E-state index >= 15 is 0 Å². The molecule has 0 aliphatic rings. The van der Waals surface area contributed by atoms with Crippen LogP contribution < -0.4 is 5.32 Å². The average molecular weight is 309 g/mol. The van der Waals surface area contributed by atoms with Gasteiger partial charge < -0.3 is 10.2 Å². The van der Waals surface area contributed by atoms with E-state index in [2.05, 4.69) is 73.2 Å². The summed E-state index contributed by atoms with van der Waals surface area (Å²) in [7, 11) is 4.33. The molecule has 4 heteroatoms. The zero-order valence-corrected chi connectivity index (χ0v) is 14.3. The van der Waals surface area contributed by atoms with Gasteiger partial charge in [0.2, 0.25) is 0 Å².